The van der Waals surface area contributed by atoms with Gasteiger partial charge in [-0.2, -0.15) is 0 Å². The molecule has 1 aliphatic carbocycles. The topological polar surface area (TPSA) is 41.5 Å². The summed E-state index contributed by atoms with van der Waals surface area (Å²) in [5.41, 5.74) is 0.520. The van der Waals surface area contributed by atoms with Crippen molar-refractivity contribution in [3.8, 4) is 5.75 Å². The van der Waals surface area contributed by atoms with Gasteiger partial charge in [-0.1, -0.05) is 25.7 Å². The van der Waals surface area contributed by atoms with Crippen molar-refractivity contribution >= 4 is 0 Å². The molecule has 1 aromatic rings. The van der Waals surface area contributed by atoms with Gasteiger partial charge in [0.15, 0.2) is 17.4 Å². The molecule has 21 heavy (non-hydrogen) atoms. The zero-order valence-corrected chi connectivity index (χ0v) is 12.4. The van der Waals surface area contributed by atoms with E-state index < -0.39 is 23.5 Å². The molecule has 0 radical (unpaired) electrons. The monoisotopic (exact) mass is 299 g/mol. The SMILES string of the molecule is CNCc1cc(F)c(OCC(O)CC2CCCC2)c(F)c1. The van der Waals surface area contributed by atoms with E-state index in [4.69, 9.17) is 4.74 Å². The Bertz CT molecular complexity index is 439. The van der Waals surface area contributed by atoms with Crippen LogP contribution in [0.5, 0.6) is 5.75 Å². The van der Waals surface area contributed by atoms with E-state index in [0.717, 1.165) is 12.8 Å². The van der Waals surface area contributed by atoms with Crippen LogP contribution in [0.25, 0.3) is 0 Å². The van der Waals surface area contributed by atoms with E-state index in [1.54, 1.807) is 7.05 Å². The summed E-state index contributed by atoms with van der Waals surface area (Å²) in [5.74, 6) is -1.35. The Balaban J connectivity index is 1.89. The molecule has 2 rings (SSSR count). The summed E-state index contributed by atoms with van der Waals surface area (Å²) in [7, 11) is 1.71. The van der Waals surface area contributed by atoms with Crippen molar-refractivity contribution in [2.45, 2.75) is 44.8 Å². The van der Waals surface area contributed by atoms with Crippen LogP contribution in [0.1, 0.15) is 37.7 Å². The number of hydrogen-bond donors (Lipinski definition) is 2. The van der Waals surface area contributed by atoms with Crippen LogP contribution >= 0.6 is 0 Å². The van der Waals surface area contributed by atoms with Gasteiger partial charge in [-0.05, 0) is 37.1 Å². The van der Waals surface area contributed by atoms with Gasteiger partial charge in [-0.15, -0.1) is 0 Å². The largest absolute Gasteiger partial charge is 0.485 e. The maximum absolute atomic E-state index is 13.8. The molecule has 118 valence electrons. The minimum absolute atomic E-state index is 0.0737. The number of nitrogens with one attached hydrogen (secondary N) is 1. The Morgan fingerprint density at radius 3 is 2.48 bits per heavy atom. The highest BCUT2D eigenvalue weighted by molar-refractivity contribution is 5.31. The second-order valence-electron chi connectivity index (χ2n) is 5.77. The van der Waals surface area contributed by atoms with Crippen molar-refractivity contribution < 1.29 is 18.6 Å². The van der Waals surface area contributed by atoms with Crippen molar-refractivity contribution in [3.05, 3.63) is 29.3 Å². The lowest BCUT2D eigenvalue weighted by Gasteiger charge is -2.17. The molecule has 0 heterocycles. The van der Waals surface area contributed by atoms with Crippen LogP contribution in [-0.2, 0) is 6.54 Å². The Labute approximate surface area is 124 Å². The first kappa shape index (κ1) is 16.2. The smallest absolute Gasteiger partial charge is 0.190 e. The van der Waals surface area contributed by atoms with Crippen LogP contribution in [0.2, 0.25) is 0 Å². The Kier molecular flexibility index (Phi) is 5.94. The van der Waals surface area contributed by atoms with E-state index in [9.17, 15) is 13.9 Å². The summed E-state index contributed by atoms with van der Waals surface area (Å²) in [5, 5.41) is 12.7. The molecule has 0 bridgehead atoms. The molecule has 0 spiro atoms. The van der Waals surface area contributed by atoms with Gasteiger partial charge < -0.3 is 15.2 Å². The molecule has 0 aliphatic heterocycles. The van der Waals surface area contributed by atoms with Crippen molar-refractivity contribution in [1.82, 2.24) is 5.32 Å². The number of aliphatic hydroxyl groups is 1. The second kappa shape index (κ2) is 7.71. The average molecular weight is 299 g/mol. The summed E-state index contributed by atoms with van der Waals surface area (Å²) in [6.07, 6.45) is 4.62. The number of benzene rings is 1. The quantitative estimate of drug-likeness (QED) is 0.813. The Morgan fingerprint density at radius 2 is 1.90 bits per heavy atom. The molecular formula is C16H23F2NO2. The van der Waals surface area contributed by atoms with E-state index in [-0.39, 0.29) is 6.61 Å². The standard InChI is InChI=1S/C16H23F2NO2/c1-19-9-12-7-14(17)16(15(18)8-12)21-10-13(20)6-11-4-2-3-5-11/h7-8,11,13,19-20H,2-6,9-10H2,1H3. The fourth-order valence-corrected chi connectivity index (χ4v) is 2.93. The van der Waals surface area contributed by atoms with Gasteiger partial charge in [0.25, 0.3) is 0 Å². The first-order valence-corrected chi connectivity index (χ1v) is 7.53. The third-order valence-electron chi connectivity index (χ3n) is 3.94. The molecule has 3 nitrogen and oxygen atoms in total. The predicted octanol–water partition coefficient (Wildman–Crippen LogP) is 3.00. The van der Waals surface area contributed by atoms with Gasteiger partial charge in [-0.25, -0.2) is 8.78 Å². The fraction of sp³-hybridized carbons (Fsp3) is 0.625. The van der Waals surface area contributed by atoms with Crippen LogP contribution in [0.4, 0.5) is 8.78 Å². The molecule has 1 aliphatic rings. The lowest BCUT2D eigenvalue weighted by molar-refractivity contribution is 0.0816. The van der Waals surface area contributed by atoms with Gasteiger partial charge in [0, 0.05) is 6.54 Å². The highest BCUT2D eigenvalue weighted by Gasteiger charge is 2.20. The van der Waals surface area contributed by atoms with Gasteiger partial charge in [-0.3, -0.25) is 0 Å². The van der Waals surface area contributed by atoms with E-state index in [1.807, 2.05) is 0 Å². The number of hydrogen-bond acceptors (Lipinski definition) is 3. The Morgan fingerprint density at radius 1 is 1.29 bits per heavy atom. The van der Waals surface area contributed by atoms with Crippen LogP contribution in [-0.4, -0.2) is 24.9 Å². The molecule has 1 atom stereocenters. The van der Waals surface area contributed by atoms with Crippen molar-refractivity contribution in [2.75, 3.05) is 13.7 Å². The van der Waals surface area contributed by atoms with E-state index in [0.29, 0.717) is 24.4 Å². The average Bonchev–Trinajstić information content (AvgIpc) is 2.91. The summed E-state index contributed by atoms with van der Waals surface area (Å²) >= 11 is 0. The molecule has 5 heteroatoms. The van der Waals surface area contributed by atoms with Gasteiger partial charge in [0.2, 0.25) is 0 Å². The Hall–Kier alpha value is -1.20. The predicted molar refractivity (Wildman–Crippen MR) is 77.2 cm³/mol. The molecule has 2 N–H and O–H groups in total. The first-order valence-electron chi connectivity index (χ1n) is 7.53. The van der Waals surface area contributed by atoms with Gasteiger partial charge in [0.1, 0.15) is 6.61 Å². The fourth-order valence-electron chi connectivity index (χ4n) is 2.93. The van der Waals surface area contributed by atoms with Crippen LogP contribution in [0.3, 0.4) is 0 Å². The van der Waals surface area contributed by atoms with E-state index in [2.05, 4.69) is 5.32 Å². The van der Waals surface area contributed by atoms with Crippen molar-refractivity contribution in [1.29, 1.82) is 0 Å². The van der Waals surface area contributed by atoms with E-state index >= 15 is 0 Å². The molecule has 1 unspecified atom stereocenters. The minimum Gasteiger partial charge on any atom is -0.485 e. The molecular weight excluding hydrogens is 276 g/mol. The van der Waals surface area contributed by atoms with Crippen LogP contribution in [0, 0.1) is 17.6 Å². The molecule has 0 amide bonds. The lowest BCUT2D eigenvalue weighted by atomic mass is 10.0. The van der Waals surface area contributed by atoms with Crippen LogP contribution in [0.15, 0.2) is 12.1 Å². The van der Waals surface area contributed by atoms with E-state index in [1.165, 1.54) is 25.0 Å². The summed E-state index contributed by atoms with van der Waals surface area (Å²) in [6, 6.07) is 2.50. The summed E-state index contributed by atoms with van der Waals surface area (Å²) in [6.45, 7) is 0.314. The molecule has 1 saturated carbocycles. The maximum Gasteiger partial charge on any atom is 0.190 e. The van der Waals surface area contributed by atoms with Crippen molar-refractivity contribution in [2.24, 2.45) is 5.92 Å². The van der Waals surface area contributed by atoms with Crippen molar-refractivity contribution in [3.63, 3.8) is 0 Å². The summed E-state index contributed by atoms with van der Waals surface area (Å²) in [4.78, 5) is 0. The van der Waals surface area contributed by atoms with Gasteiger partial charge in [0.05, 0.1) is 6.10 Å². The maximum atomic E-state index is 13.8. The molecule has 0 aromatic heterocycles. The zero-order valence-electron chi connectivity index (χ0n) is 12.4. The molecule has 1 fully saturated rings. The number of halogens is 2. The second-order valence-corrected chi connectivity index (χ2v) is 5.77. The summed E-state index contributed by atoms with van der Waals surface area (Å²) < 4.78 is 32.8. The number of aliphatic hydroxyl groups excluding tert-OH is 1. The zero-order chi connectivity index (χ0) is 15.2. The molecule has 0 saturated heterocycles. The minimum atomic E-state index is -0.728. The van der Waals surface area contributed by atoms with Gasteiger partial charge >= 0.3 is 0 Å². The normalized spacial score (nSPS) is 17.1. The third-order valence-corrected chi connectivity index (χ3v) is 3.94. The lowest BCUT2D eigenvalue weighted by Crippen LogP contribution is -2.21. The highest BCUT2D eigenvalue weighted by Crippen LogP contribution is 2.29. The van der Waals surface area contributed by atoms with Crippen LogP contribution < -0.4 is 10.1 Å². The first-order chi connectivity index (χ1) is 10.1. The molecule has 1 aromatic carbocycles. The highest BCUT2D eigenvalue weighted by atomic mass is 19.1. The third kappa shape index (κ3) is 4.64. The number of ether oxygens (including phenoxy) is 1. The number of rotatable bonds is 7.